The minimum Gasteiger partial charge on any atom is -0.391 e. The molecule has 2 heterocycles. The van der Waals surface area contributed by atoms with E-state index in [9.17, 15) is 9.18 Å². The Labute approximate surface area is 190 Å². The third kappa shape index (κ3) is 5.12. The number of rotatable bonds is 7. The van der Waals surface area contributed by atoms with Gasteiger partial charge in [-0.3, -0.25) is 9.78 Å². The molecule has 4 aromatic rings. The number of oxime groups is 1. The summed E-state index contributed by atoms with van der Waals surface area (Å²) in [6.45, 7) is 1.94. The van der Waals surface area contributed by atoms with Gasteiger partial charge in [0.25, 0.3) is 5.91 Å². The first kappa shape index (κ1) is 21.9. The topological polar surface area (TPSA) is 81.4 Å². The van der Waals surface area contributed by atoms with Crippen LogP contribution in [0.3, 0.4) is 0 Å². The van der Waals surface area contributed by atoms with Gasteiger partial charge >= 0.3 is 0 Å². The number of para-hydroxylation sites is 1. The summed E-state index contributed by atoms with van der Waals surface area (Å²) in [5.41, 5.74) is 4.34. The first-order valence-corrected chi connectivity index (χ1v) is 10.3. The molecule has 0 saturated carbocycles. The monoisotopic (exact) mass is 443 g/mol. The molecule has 0 aliphatic heterocycles. The standard InChI is InChI=1S/C25H22FN5O2/c1-17-23(24(26)31(2)30-17)25(32)29-22-8-4-3-7-21(22)20-11-9-18(10-12-20)15-28-33-16-19-6-5-13-27-14-19/h3-15H,16H2,1-2H3,(H,29,32). The van der Waals surface area contributed by atoms with Gasteiger partial charge in [-0.1, -0.05) is 53.7 Å². The lowest BCUT2D eigenvalue weighted by atomic mass is 10.0. The molecule has 0 bridgehead atoms. The van der Waals surface area contributed by atoms with E-state index in [1.807, 2.05) is 54.6 Å². The molecule has 0 fully saturated rings. The number of nitrogens with one attached hydrogen (secondary N) is 1. The van der Waals surface area contributed by atoms with Crippen LogP contribution in [0.4, 0.5) is 10.1 Å². The highest BCUT2D eigenvalue weighted by Gasteiger charge is 2.21. The molecule has 0 atom stereocenters. The van der Waals surface area contributed by atoms with E-state index in [-0.39, 0.29) is 5.56 Å². The van der Waals surface area contributed by atoms with E-state index in [4.69, 9.17) is 4.84 Å². The largest absolute Gasteiger partial charge is 0.391 e. The van der Waals surface area contributed by atoms with Crippen molar-refractivity contribution in [2.45, 2.75) is 13.5 Å². The number of amides is 1. The number of benzene rings is 2. The Morgan fingerprint density at radius 2 is 1.94 bits per heavy atom. The summed E-state index contributed by atoms with van der Waals surface area (Å²) in [5.74, 6) is -1.21. The number of carbonyl (C=O) groups is 1. The fourth-order valence-corrected chi connectivity index (χ4v) is 3.36. The zero-order valence-corrected chi connectivity index (χ0v) is 18.2. The van der Waals surface area contributed by atoms with Crippen molar-refractivity contribution in [2.75, 3.05) is 5.32 Å². The molecule has 0 spiro atoms. The Morgan fingerprint density at radius 1 is 1.15 bits per heavy atom. The van der Waals surface area contributed by atoms with Crippen LogP contribution in [0.1, 0.15) is 27.2 Å². The minimum atomic E-state index is -0.670. The van der Waals surface area contributed by atoms with Crippen LogP contribution in [0.5, 0.6) is 0 Å². The number of pyridine rings is 1. The smallest absolute Gasteiger partial charge is 0.262 e. The molecule has 0 radical (unpaired) electrons. The van der Waals surface area contributed by atoms with Gasteiger partial charge in [-0.05, 0) is 30.2 Å². The number of halogens is 1. The second-order valence-electron chi connectivity index (χ2n) is 7.37. The molecule has 2 aromatic carbocycles. The van der Waals surface area contributed by atoms with E-state index >= 15 is 0 Å². The molecule has 0 saturated heterocycles. The van der Waals surface area contributed by atoms with Crippen LogP contribution in [0.15, 0.2) is 78.2 Å². The molecule has 0 unspecified atom stereocenters. The fourth-order valence-electron chi connectivity index (χ4n) is 3.36. The molecule has 2 aromatic heterocycles. The fraction of sp³-hybridized carbons (Fsp3) is 0.120. The summed E-state index contributed by atoms with van der Waals surface area (Å²) in [4.78, 5) is 22.1. The van der Waals surface area contributed by atoms with E-state index in [1.54, 1.807) is 31.6 Å². The van der Waals surface area contributed by atoms with Crippen LogP contribution in [-0.4, -0.2) is 26.9 Å². The van der Waals surface area contributed by atoms with E-state index in [2.05, 4.69) is 20.6 Å². The van der Waals surface area contributed by atoms with Crippen molar-refractivity contribution in [3.8, 4) is 11.1 Å². The Balaban J connectivity index is 1.46. The van der Waals surface area contributed by atoms with Crippen LogP contribution in [-0.2, 0) is 18.5 Å². The maximum atomic E-state index is 14.3. The van der Waals surface area contributed by atoms with E-state index in [0.717, 1.165) is 26.9 Å². The maximum absolute atomic E-state index is 14.3. The highest BCUT2D eigenvalue weighted by atomic mass is 19.1. The summed E-state index contributed by atoms with van der Waals surface area (Å²) >= 11 is 0. The molecular weight excluding hydrogens is 421 g/mol. The molecular formula is C25H22FN5O2. The Bertz CT molecular complexity index is 1280. The molecule has 166 valence electrons. The van der Waals surface area contributed by atoms with Gasteiger partial charge in [-0.25, -0.2) is 4.68 Å². The number of anilines is 1. The molecule has 1 amide bonds. The van der Waals surface area contributed by atoms with Crippen LogP contribution < -0.4 is 5.32 Å². The van der Waals surface area contributed by atoms with Crippen molar-refractivity contribution in [3.05, 3.63) is 101 Å². The second kappa shape index (κ2) is 9.86. The summed E-state index contributed by atoms with van der Waals surface area (Å²) in [7, 11) is 1.46. The third-order valence-corrected chi connectivity index (χ3v) is 5.01. The van der Waals surface area contributed by atoms with Crippen LogP contribution >= 0.6 is 0 Å². The van der Waals surface area contributed by atoms with Gasteiger partial charge in [-0.15, -0.1) is 0 Å². The lowest BCUT2D eigenvalue weighted by molar-refractivity contribution is 0.102. The Kier molecular flexibility index (Phi) is 6.54. The Morgan fingerprint density at radius 3 is 2.64 bits per heavy atom. The number of hydrogen-bond acceptors (Lipinski definition) is 5. The van der Waals surface area contributed by atoms with E-state index in [0.29, 0.717) is 18.0 Å². The Hall–Kier alpha value is -4.33. The summed E-state index contributed by atoms with van der Waals surface area (Å²) in [5, 5.41) is 10.8. The predicted octanol–water partition coefficient (Wildman–Crippen LogP) is 4.73. The van der Waals surface area contributed by atoms with Crippen molar-refractivity contribution in [1.29, 1.82) is 0 Å². The molecule has 0 aliphatic rings. The number of aromatic nitrogens is 3. The number of nitrogens with zero attached hydrogens (tertiary/aromatic N) is 4. The summed E-state index contributed by atoms with van der Waals surface area (Å²) in [6.07, 6.45) is 5.06. The SMILES string of the molecule is Cc1nn(C)c(F)c1C(=O)Nc1ccccc1-c1ccc(C=NOCc2cccnc2)cc1. The summed E-state index contributed by atoms with van der Waals surface area (Å²) < 4.78 is 15.3. The maximum Gasteiger partial charge on any atom is 0.262 e. The molecule has 1 N–H and O–H groups in total. The van der Waals surface area contributed by atoms with Crippen LogP contribution in [0.2, 0.25) is 0 Å². The molecule has 4 rings (SSSR count). The van der Waals surface area contributed by atoms with E-state index in [1.165, 1.54) is 7.05 Å². The van der Waals surface area contributed by atoms with Crippen LogP contribution in [0, 0.1) is 12.9 Å². The van der Waals surface area contributed by atoms with Crippen molar-refractivity contribution in [3.63, 3.8) is 0 Å². The average molecular weight is 443 g/mol. The van der Waals surface area contributed by atoms with Crippen molar-refractivity contribution in [1.82, 2.24) is 14.8 Å². The number of hydrogen-bond donors (Lipinski definition) is 1. The van der Waals surface area contributed by atoms with Crippen molar-refractivity contribution >= 4 is 17.8 Å². The highest BCUT2D eigenvalue weighted by Crippen LogP contribution is 2.28. The van der Waals surface area contributed by atoms with Gasteiger partial charge in [0.05, 0.1) is 11.9 Å². The zero-order chi connectivity index (χ0) is 23.2. The molecule has 0 aliphatic carbocycles. The lowest BCUT2D eigenvalue weighted by Gasteiger charge is -2.11. The van der Waals surface area contributed by atoms with E-state index < -0.39 is 11.9 Å². The van der Waals surface area contributed by atoms with Gasteiger partial charge in [0.15, 0.2) is 0 Å². The predicted molar refractivity (Wildman–Crippen MR) is 124 cm³/mol. The molecule has 33 heavy (non-hydrogen) atoms. The minimum absolute atomic E-state index is 0.0647. The highest BCUT2D eigenvalue weighted by molar-refractivity contribution is 6.07. The summed E-state index contributed by atoms with van der Waals surface area (Å²) in [6, 6.07) is 18.8. The lowest BCUT2D eigenvalue weighted by Crippen LogP contribution is -2.15. The first-order chi connectivity index (χ1) is 16.0. The average Bonchev–Trinajstić information content (AvgIpc) is 3.09. The normalized spacial score (nSPS) is 11.0. The van der Waals surface area contributed by atoms with Crippen molar-refractivity contribution < 1.29 is 14.0 Å². The van der Waals surface area contributed by atoms with Gasteiger partial charge in [0.1, 0.15) is 12.2 Å². The number of carbonyl (C=O) groups excluding carboxylic acids is 1. The zero-order valence-electron chi connectivity index (χ0n) is 18.2. The van der Waals surface area contributed by atoms with Gasteiger partial charge in [0, 0.05) is 36.3 Å². The van der Waals surface area contributed by atoms with Gasteiger partial charge < -0.3 is 10.2 Å². The third-order valence-electron chi connectivity index (χ3n) is 5.01. The van der Waals surface area contributed by atoms with Gasteiger partial charge in [-0.2, -0.15) is 9.49 Å². The second-order valence-corrected chi connectivity index (χ2v) is 7.37. The number of aryl methyl sites for hydroxylation is 2. The van der Waals surface area contributed by atoms with Gasteiger partial charge in [0.2, 0.25) is 5.95 Å². The molecule has 8 heteroatoms. The quantitative estimate of drug-likeness (QED) is 0.331. The van der Waals surface area contributed by atoms with Crippen LogP contribution in [0.25, 0.3) is 11.1 Å². The first-order valence-electron chi connectivity index (χ1n) is 10.3. The molecule has 7 nitrogen and oxygen atoms in total. The van der Waals surface area contributed by atoms with Crippen molar-refractivity contribution in [2.24, 2.45) is 12.2 Å².